The summed E-state index contributed by atoms with van der Waals surface area (Å²) >= 11 is 0. The van der Waals surface area contributed by atoms with E-state index in [2.05, 4.69) is 12.2 Å². The highest BCUT2D eigenvalue weighted by atomic mass is 16.5. The van der Waals surface area contributed by atoms with E-state index in [1.54, 1.807) is 7.11 Å². The Kier molecular flexibility index (Phi) is 4.20. The van der Waals surface area contributed by atoms with E-state index < -0.39 is 0 Å². The predicted molar refractivity (Wildman–Crippen MR) is 78.5 cm³/mol. The van der Waals surface area contributed by atoms with Crippen molar-refractivity contribution in [1.82, 2.24) is 10.2 Å². The summed E-state index contributed by atoms with van der Waals surface area (Å²) in [5, 5.41) is 3.11. The van der Waals surface area contributed by atoms with Crippen molar-refractivity contribution in [1.29, 1.82) is 0 Å². The number of carbonyl (C=O) groups excluding carboxylic acids is 2. The summed E-state index contributed by atoms with van der Waals surface area (Å²) in [5.74, 6) is 2.15. The van der Waals surface area contributed by atoms with Crippen molar-refractivity contribution in [3.05, 3.63) is 0 Å². The maximum atomic E-state index is 12.2. The average Bonchev–Trinajstić information content (AvgIpc) is 3.20. The van der Waals surface area contributed by atoms with Crippen molar-refractivity contribution in [2.75, 3.05) is 26.8 Å². The first-order valence-corrected chi connectivity index (χ1v) is 8.18. The van der Waals surface area contributed by atoms with Crippen LogP contribution in [0.25, 0.3) is 0 Å². The maximum absolute atomic E-state index is 12.2. The van der Waals surface area contributed by atoms with Crippen molar-refractivity contribution in [3.63, 3.8) is 0 Å². The van der Waals surface area contributed by atoms with E-state index in [4.69, 9.17) is 4.74 Å². The Morgan fingerprint density at radius 1 is 1.43 bits per heavy atom. The third-order valence-corrected chi connectivity index (χ3v) is 5.52. The first kappa shape index (κ1) is 14.8. The molecule has 0 aromatic carbocycles. The molecule has 0 spiro atoms. The molecular weight excluding hydrogens is 268 g/mol. The summed E-state index contributed by atoms with van der Waals surface area (Å²) < 4.78 is 5.12. The predicted octanol–water partition coefficient (Wildman–Crippen LogP) is 1.03. The van der Waals surface area contributed by atoms with Gasteiger partial charge in [0.1, 0.15) is 0 Å². The van der Waals surface area contributed by atoms with Gasteiger partial charge in [0.15, 0.2) is 0 Å². The molecule has 3 aliphatic rings. The molecule has 5 nitrogen and oxygen atoms in total. The second-order valence-corrected chi connectivity index (χ2v) is 6.91. The highest BCUT2D eigenvalue weighted by Gasteiger charge is 2.50. The summed E-state index contributed by atoms with van der Waals surface area (Å²) in [6.07, 6.45) is 3.79. The fraction of sp³-hybridized carbons (Fsp3) is 0.875. The van der Waals surface area contributed by atoms with Crippen LogP contribution in [0.5, 0.6) is 0 Å². The van der Waals surface area contributed by atoms with E-state index >= 15 is 0 Å². The Hall–Kier alpha value is -1.10. The second kappa shape index (κ2) is 5.95. The molecule has 2 saturated carbocycles. The van der Waals surface area contributed by atoms with Gasteiger partial charge in [0.25, 0.3) is 0 Å². The van der Waals surface area contributed by atoms with Crippen molar-refractivity contribution in [2.45, 2.75) is 38.6 Å². The number of nitrogens with one attached hydrogen (secondary N) is 1. The third kappa shape index (κ3) is 2.93. The molecule has 0 bridgehead atoms. The standard InChI is InChI=1S/C16H26N2O3/c1-10-7-14-12(8-15(19)18(14)5-6-21-2)13(10)9-17-16(20)11-3-4-11/h10-14H,3-9H2,1-2H3,(H,17,20)/t10-,12-,13+,14+/m0/s1. The van der Waals surface area contributed by atoms with Crippen LogP contribution in [0, 0.1) is 23.7 Å². The minimum atomic E-state index is 0.214. The minimum Gasteiger partial charge on any atom is -0.383 e. The lowest BCUT2D eigenvalue weighted by Gasteiger charge is -2.24. The highest BCUT2D eigenvalue weighted by molar-refractivity contribution is 5.81. The van der Waals surface area contributed by atoms with Crippen molar-refractivity contribution >= 4 is 11.8 Å². The lowest BCUT2D eigenvalue weighted by Crippen LogP contribution is -2.37. The summed E-state index contributed by atoms with van der Waals surface area (Å²) in [6, 6.07) is 0.352. The molecule has 2 aliphatic carbocycles. The fourth-order valence-electron chi connectivity index (χ4n) is 4.13. The van der Waals surface area contributed by atoms with Crippen molar-refractivity contribution in [3.8, 4) is 0 Å². The van der Waals surface area contributed by atoms with Gasteiger partial charge in [0, 0.05) is 38.6 Å². The zero-order valence-corrected chi connectivity index (χ0v) is 13.0. The smallest absolute Gasteiger partial charge is 0.223 e. The Balaban J connectivity index is 1.58. The SMILES string of the molecule is COCCN1C(=O)C[C@H]2[C@H](CNC(=O)C3CC3)[C@@H](C)C[C@H]21. The Morgan fingerprint density at radius 2 is 2.19 bits per heavy atom. The van der Waals surface area contributed by atoms with Crippen LogP contribution in [0.3, 0.4) is 0 Å². The van der Waals surface area contributed by atoms with Crippen LogP contribution in [0.15, 0.2) is 0 Å². The van der Waals surface area contributed by atoms with E-state index in [1.807, 2.05) is 4.90 Å². The van der Waals surface area contributed by atoms with Crippen LogP contribution in [-0.2, 0) is 14.3 Å². The largest absolute Gasteiger partial charge is 0.383 e. The molecule has 3 rings (SSSR count). The molecular formula is C16H26N2O3. The zero-order chi connectivity index (χ0) is 15.0. The number of nitrogens with zero attached hydrogens (tertiary/aromatic N) is 1. The first-order chi connectivity index (χ1) is 10.1. The fourth-order valence-corrected chi connectivity index (χ4v) is 4.13. The molecule has 5 heteroatoms. The molecule has 0 unspecified atom stereocenters. The molecule has 1 saturated heterocycles. The molecule has 0 aromatic rings. The Bertz CT molecular complexity index is 422. The molecule has 21 heavy (non-hydrogen) atoms. The van der Waals surface area contributed by atoms with Gasteiger partial charge in [-0.2, -0.15) is 0 Å². The zero-order valence-electron chi connectivity index (χ0n) is 13.0. The van der Waals surface area contributed by atoms with Crippen molar-refractivity contribution < 1.29 is 14.3 Å². The van der Waals surface area contributed by atoms with E-state index in [1.165, 1.54) is 0 Å². The summed E-state index contributed by atoms with van der Waals surface area (Å²) in [7, 11) is 1.67. The molecule has 0 radical (unpaired) electrons. The van der Waals surface area contributed by atoms with Crippen LogP contribution in [0.4, 0.5) is 0 Å². The van der Waals surface area contributed by atoms with E-state index in [-0.39, 0.29) is 17.7 Å². The van der Waals surface area contributed by atoms with Gasteiger partial charge in [-0.05, 0) is 37.0 Å². The molecule has 118 valence electrons. The van der Waals surface area contributed by atoms with Gasteiger partial charge in [-0.1, -0.05) is 6.92 Å². The van der Waals surface area contributed by atoms with E-state index in [0.717, 1.165) is 25.8 Å². The molecule has 1 heterocycles. The number of fused-ring (bicyclic) bond motifs is 1. The lowest BCUT2D eigenvalue weighted by molar-refractivity contribution is -0.129. The quantitative estimate of drug-likeness (QED) is 0.796. The number of ether oxygens (including phenoxy) is 1. The number of hydrogen-bond donors (Lipinski definition) is 1. The topological polar surface area (TPSA) is 58.6 Å². The highest BCUT2D eigenvalue weighted by Crippen LogP contribution is 2.45. The summed E-state index contributed by atoms with van der Waals surface area (Å²) in [6.45, 7) is 4.30. The first-order valence-electron chi connectivity index (χ1n) is 8.18. The van der Waals surface area contributed by atoms with Gasteiger partial charge in [0.2, 0.25) is 11.8 Å². The molecule has 1 aliphatic heterocycles. The van der Waals surface area contributed by atoms with Crippen LogP contribution in [0.2, 0.25) is 0 Å². The second-order valence-electron chi connectivity index (χ2n) is 6.91. The molecule has 1 N–H and O–H groups in total. The number of likely N-dealkylation sites (tertiary alicyclic amines) is 1. The minimum absolute atomic E-state index is 0.214. The summed E-state index contributed by atoms with van der Waals surface area (Å²) in [5.41, 5.74) is 0. The number of carbonyl (C=O) groups is 2. The van der Waals surface area contributed by atoms with Crippen LogP contribution in [0.1, 0.15) is 32.6 Å². The lowest BCUT2D eigenvalue weighted by atomic mass is 9.88. The van der Waals surface area contributed by atoms with Crippen molar-refractivity contribution in [2.24, 2.45) is 23.7 Å². The maximum Gasteiger partial charge on any atom is 0.223 e. The third-order valence-electron chi connectivity index (χ3n) is 5.52. The molecule has 4 atom stereocenters. The molecule has 3 fully saturated rings. The normalized spacial score (nSPS) is 35.1. The van der Waals surface area contributed by atoms with Gasteiger partial charge in [-0.3, -0.25) is 9.59 Å². The number of hydrogen-bond acceptors (Lipinski definition) is 3. The summed E-state index contributed by atoms with van der Waals surface area (Å²) in [4.78, 5) is 26.0. The molecule has 0 aromatic heterocycles. The van der Waals surface area contributed by atoms with E-state index in [9.17, 15) is 9.59 Å². The van der Waals surface area contributed by atoms with Gasteiger partial charge in [-0.25, -0.2) is 0 Å². The molecule has 2 amide bonds. The van der Waals surface area contributed by atoms with Crippen LogP contribution < -0.4 is 5.32 Å². The Morgan fingerprint density at radius 3 is 2.86 bits per heavy atom. The van der Waals surface area contributed by atoms with Crippen LogP contribution in [-0.4, -0.2) is 49.6 Å². The number of methoxy groups -OCH3 is 1. The van der Waals surface area contributed by atoms with Crippen LogP contribution >= 0.6 is 0 Å². The van der Waals surface area contributed by atoms with Gasteiger partial charge in [-0.15, -0.1) is 0 Å². The number of rotatable bonds is 6. The van der Waals surface area contributed by atoms with Gasteiger partial charge >= 0.3 is 0 Å². The monoisotopic (exact) mass is 294 g/mol. The van der Waals surface area contributed by atoms with Gasteiger partial charge < -0.3 is 15.0 Å². The Labute approximate surface area is 126 Å². The van der Waals surface area contributed by atoms with Gasteiger partial charge in [0.05, 0.1) is 6.61 Å². The average molecular weight is 294 g/mol. The van der Waals surface area contributed by atoms with E-state index in [0.29, 0.717) is 43.4 Å². The number of amides is 2.